The van der Waals surface area contributed by atoms with E-state index in [1.165, 1.54) is 0 Å². The molecule has 2 N–H and O–H groups in total. The molecule has 0 radical (unpaired) electrons. The van der Waals surface area contributed by atoms with Crippen molar-refractivity contribution in [2.24, 2.45) is 7.05 Å². The van der Waals surface area contributed by atoms with Gasteiger partial charge in [-0.15, -0.1) is 0 Å². The first kappa shape index (κ1) is 24.4. The highest BCUT2D eigenvalue weighted by molar-refractivity contribution is 6.32. The number of anilines is 2. The lowest BCUT2D eigenvalue weighted by Gasteiger charge is -2.43. The maximum Gasteiger partial charge on any atom is 0.228 e. The van der Waals surface area contributed by atoms with Crippen molar-refractivity contribution in [1.82, 2.24) is 24.6 Å². The van der Waals surface area contributed by atoms with Crippen LogP contribution in [-0.2, 0) is 17.2 Å². The molecule has 2 saturated heterocycles. The molecule has 0 unspecified atom stereocenters. The van der Waals surface area contributed by atoms with E-state index in [4.69, 9.17) is 21.3 Å². The van der Waals surface area contributed by atoms with Gasteiger partial charge in [0.1, 0.15) is 5.82 Å². The Morgan fingerprint density at radius 1 is 1.20 bits per heavy atom. The number of hydrogen-bond donors (Lipinski definition) is 2. The van der Waals surface area contributed by atoms with E-state index in [-0.39, 0.29) is 11.0 Å². The first-order valence-electron chi connectivity index (χ1n) is 12.3. The number of hydrogen-bond acceptors (Lipinski definition) is 7. The molecule has 188 valence electrons. The van der Waals surface area contributed by atoms with Crippen LogP contribution >= 0.6 is 11.6 Å². The summed E-state index contributed by atoms with van der Waals surface area (Å²) in [5.41, 5.74) is 2.67. The normalized spacial score (nSPS) is 24.4. The lowest BCUT2D eigenvalue weighted by molar-refractivity contribution is -0.00211. The number of likely N-dealkylation sites (tertiary alicyclic amines) is 1. The molecule has 9 heteroatoms. The largest absolute Gasteiger partial charge is 0.389 e. The van der Waals surface area contributed by atoms with Crippen LogP contribution < -0.4 is 5.32 Å². The van der Waals surface area contributed by atoms with Gasteiger partial charge >= 0.3 is 0 Å². The van der Waals surface area contributed by atoms with E-state index in [1.807, 2.05) is 30.1 Å². The van der Waals surface area contributed by atoms with Crippen molar-refractivity contribution in [2.75, 3.05) is 31.6 Å². The van der Waals surface area contributed by atoms with Crippen LogP contribution in [0.1, 0.15) is 57.7 Å². The topological polar surface area (TPSA) is 88.3 Å². The third-order valence-electron chi connectivity index (χ3n) is 7.63. The number of rotatable bonds is 4. The molecule has 3 aromatic rings. The van der Waals surface area contributed by atoms with Crippen LogP contribution in [0.4, 0.5) is 11.8 Å². The molecule has 0 spiro atoms. The van der Waals surface area contributed by atoms with Crippen molar-refractivity contribution in [3.8, 4) is 0 Å². The van der Waals surface area contributed by atoms with Crippen molar-refractivity contribution in [3.63, 3.8) is 0 Å². The van der Waals surface area contributed by atoms with Gasteiger partial charge in [0.2, 0.25) is 5.95 Å². The molecule has 2 aromatic heterocycles. The molecule has 4 heterocycles. The minimum absolute atomic E-state index is 0.0382. The highest BCUT2D eigenvalue weighted by atomic mass is 35.5. The molecule has 2 atom stereocenters. The fourth-order valence-electron chi connectivity index (χ4n) is 5.16. The zero-order valence-electron chi connectivity index (χ0n) is 21.2. The third kappa shape index (κ3) is 4.65. The standard InChI is InChI=1S/C26H35ClN6O2/c1-25(2,3)21-12-23(32(5)31-21)30-24-28-13-17-10-19(27)18(11-20(17)29-24)16-6-8-33(9-7-16)26(4)15-35-14-22(26)34/h10-13,16,22,34H,6-9,14-15H2,1-5H3,(H,28,29,30)/t22-,26+/m1/s1. The second-order valence-electron chi connectivity index (χ2n) is 11.2. The van der Waals surface area contributed by atoms with Crippen molar-refractivity contribution >= 4 is 34.3 Å². The van der Waals surface area contributed by atoms with Crippen molar-refractivity contribution in [3.05, 3.63) is 40.7 Å². The maximum atomic E-state index is 10.4. The quantitative estimate of drug-likeness (QED) is 0.551. The van der Waals surface area contributed by atoms with Gasteiger partial charge in [0.25, 0.3) is 0 Å². The molecule has 0 amide bonds. The average Bonchev–Trinajstić information content (AvgIpc) is 3.36. The predicted octanol–water partition coefficient (Wildman–Crippen LogP) is 4.39. The summed E-state index contributed by atoms with van der Waals surface area (Å²) in [6, 6.07) is 6.13. The zero-order chi connectivity index (χ0) is 25.0. The number of aliphatic hydroxyl groups is 1. The highest BCUT2D eigenvalue weighted by Crippen LogP contribution is 2.38. The number of nitrogens with zero attached hydrogens (tertiary/aromatic N) is 5. The van der Waals surface area contributed by atoms with Gasteiger partial charge in [-0.3, -0.25) is 9.58 Å². The maximum absolute atomic E-state index is 10.4. The van der Waals surface area contributed by atoms with E-state index in [0.29, 0.717) is 25.1 Å². The van der Waals surface area contributed by atoms with Gasteiger partial charge in [0, 0.05) is 35.1 Å². The average molecular weight is 499 g/mol. The van der Waals surface area contributed by atoms with Gasteiger partial charge in [-0.2, -0.15) is 5.10 Å². The van der Waals surface area contributed by atoms with Gasteiger partial charge < -0.3 is 15.2 Å². The second kappa shape index (κ2) is 9.00. The molecule has 8 nitrogen and oxygen atoms in total. The van der Waals surface area contributed by atoms with Gasteiger partial charge in [-0.1, -0.05) is 32.4 Å². The minimum Gasteiger partial charge on any atom is -0.389 e. The molecule has 2 fully saturated rings. The van der Waals surface area contributed by atoms with Crippen molar-refractivity contribution in [1.29, 1.82) is 0 Å². The SMILES string of the molecule is Cn1nc(C(C)(C)C)cc1Nc1ncc2cc(Cl)c(C3CCN([C@@]4(C)COC[C@H]4O)CC3)cc2n1. The summed E-state index contributed by atoms with van der Waals surface area (Å²) >= 11 is 6.73. The van der Waals surface area contributed by atoms with Gasteiger partial charge in [-0.05, 0) is 56.5 Å². The van der Waals surface area contributed by atoms with Crippen LogP contribution in [-0.4, -0.2) is 67.7 Å². The molecule has 0 aliphatic carbocycles. The van der Waals surface area contributed by atoms with E-state index in [9.17, 15) is 5.11 Å². The van der Waals surface area contributed by atoms with Crippen LogP contribution in [0.15, 0.2) is 24.4 Å². The summed E-state index contributed by atoms with van der Waals surface area (Å²) in [4.78, 5) is 11.7. The van der Waals surface area contributed by atoms with Gasteiger partial charge in [-0.25, -0.2) is 9.97 Å². The Balaban J connectivity index is 1.35. The number of nitrogens with one attached hydrogen (secondary N) is 1. The first-order valence-corrected chi connectivity index (χ1v) is 12.7. The van der Waals surface area contributed by atoms with E-state index in [1.54, 1.807) is 0 Å². The summed E-state index contributed by atoms with van der Waals surface area (Å²) in [6.07, 6.45) is 3.33. The lowest BCUT2D eigenvalue weighted by atomic mass is 9.85. The van der Waals surface area contributed by atoms with Crippen LogP contribution in [0.2, 0.25) is 5.02 Å². The molecular formula is C26H35ClN6O2. The van der Waals surface area contributed by atoms with E-state index in [0.717, 1.165) is 58.9 Å². The third-order valence-corrected chi connectivity index (χ3v) is 7.96. The molecular weight excluding hydrogens is 464 g/mol. The molecule has 0 bridgehead atoms. The van der Waals surface area contributed by atoms with Crippen LogP contribution in [0.5, 0.6) is 0 Å². The smallest absolute Gasteiger partial charge is 0.228 e. The summed E-state index contributed by atoms with van der Waals surface area (Å²) in [7, 11) is 1.92. The Morgan fingerprint density at radius 3 is 2.57 bits per heavy atom. The lowest BCUT2D eigenvalue weighted by Crippen LogP contribution is -2.56. The van der Waals surface area contributed by atoms with E-state index >= 15 is 0 Å². The zero-order valence-corrected chi connectivity index (χ0v) is 21.9. The Bertz CT molecular complexity index is 1230. The van der Waals surface area contributed by atoms with Crippen LogP contribution in [0.25, 0.3) is 10.9 Å². The Hall–Kier alpha value is -2.26. The summed E-state index contributed by atoms with van der Waals surface area (Å²) in [5, 5.41) is 20.0. The number of halogens is 1. The fourth-order valence-corrected chi connectivity index (χ4v) is 5.49. The van der Waals surface area contributed by atoms with Crippen molar-refractivity contribution < 1.29 is 9.84 Å². The number of fused-ring (bicyclic) bond motifs is 1. The van der Waals surface area contributed by atoms with Gasteiger partial charge in [0.05, 0.1) is 36.1 Å². The molecule has 5 rings (SSSR count). The monoisotopic (exact) mass is 498 g/mol. The summed E-state index contributed by atoms with van der Waals surface area (Å²) in [5.74, 6) is 1.73. The number of piperidine rings is 1. The fraction of sp³-hybridized carbons (Fsp3) is 0.577. The molecule has 0 saturated carbocycles. The van der Waals surface area contributed by atoms with E-state index in [2.05, 4.69) is 54.1 Å². The van der Waals surface area contributed by atoms with Crippen LogP contribution in [0.3, 0.4) is 0 Å². The highest BCUT2D eigenvalue weighted by Gasteiger charge is 2.45. The first-order chi connectivity index (χ1) is 16.5. The Morgan fingerprint density at radius 2 is 1.94 bits per heavy atom. The van der Waals surface area contributed by atoms with E-state index < -0.39 is 6.10 Å². The number of benzene rings is 1. The summed E-state index contributed by atoms with van der Waals surface area (Å²) < 4.78 is 7.37. The van der Waals surface area contributed by atoms with Crippen molar-refractivity contribution in [2.45, 2.75) is 63.5 Å². The second-order valence-corrected chi connectivity index (χ2v) is 11.6. The molecule has 1 aromatic carbocycles. The van der Waals surface area contributed by atoms with Gasteiger partial charge in [0.15, 0.2) is 0 Å². The Kier molecular flexibility index (Phi) is 6.28. The number of aromatic nitrogens is 4. The molecule has 2 aliphatic heterocycles. The Labute approximate surface area is 211 Å². The number of ether oxygens (including phenoxy) is 1. The molecule has 2 aliphatic rings. The van der Waals surface area contributed by atoms with Crippen LogP contribution in [0, 0.1) is 0 Å². The predicted molar refractivity (Wildman–Crippen MR) is 139 cm³/mol. The molecule has 35 heavy (non-hydrogen) atoms. The number of aliphatic hydroxyl groups excluding tert-OH is 1. The minimum atomic E-state index is -0.440. The summed E-state index contributed by atoms with van der Waals surface area (Å²) in [6.45, 7) is 11.3. The number of aryl methyl sites for hydroxylation is 1.